The predicted octanol–water partition coefficient (Wildman–Crippen LogP) is 3.86. The smallest absolute Gasteiger partial charge is 0.135 e. The molecule has 0 aliphatic heterocycles. The first-order valence-electron chi connectivity index (χ1n) is 5.25. The minimum absolute atomic E-state index is 0.277. The third-order valence-electron chi connectivity index (χ3n) is 2.69. The lowest BCUT2D eigenvalue weighted by Crippen LogP contribution is -1.97. The SMILES string of the molecule is Cc1cc(C)c(-c2ncnc(Cl)c2C)c(F)c1. The maximum Gasteiger partial charge on any atom is 0.135 e. The lowest BCUT2D eigenvalue weighted by Gasteiger charge is -2.10. The van der Waals surface area contributed by atoms with E-state index in [1.54, 1.807) is 6.92 Å². The summed E-state index contributed by atoms with van der Waals surface area (Å²) in [5.41, 5.74) is 3.49. The van der Waals surface area contributed by atoms with Crippen molar-refractivity contribution in [2.24, 2.45) is 0 Å². The van der Waals surface area contributed by atoms with Gasteiger partial charge < -0.3 is 0 Å². The second-order valence-electron chi connectivity index (χ2n) is 4.08. The molecule has 4 heteroatoms. The first kappa shape index (κ1) is 12.0. The van der Waals surface area contributed by atoms with Gasteiger partial charge in [-0.1, -0.05) is 17.7 Å². The maximum atomic E-state index is 14.0. The first-order chi connectivity index (χ1) is 8.00. The Labute approximate surface area is 104 Å². The van der Waals surface area contributed by atoms with E-state index in [-0.39, 0.29) is 5.82 Å². The fourth-order valence-electron chi connectivity index (χ4n) is 1.90. The standard InChI is InChI=1S/C13H12ClFN2/c1-7-4-8(2)11(10(15)5-7)12-9(3)13(14)17-6-16-12/h4-6H,1-3H3. The Kier molecular flexibility index (Phi) is 3.11. The molecule has 2 rings (SSSR count). The maximum absolute atomic E-state index is 14.0. The molecular weight excluding hydrogens is 239 g/mol. The number of aryl methyl sites for hydroxylation is 2. The van der Waals surface area contributed by atoms with Crippen LogP contribution in [0.15, 0.2) is 18.5 Å². The number of rotatable bonds is 1. The van der Waals surface area contributed by atoms with Crippen LogP contribution >= 0.6 is 11.6 Å². The number of hydrogen-bond acceptors (Lipinski definition) is 2. The molecule has 1 heterocycles. The quantitative estimate of drug-likeness (QED) is 0.718. The van der Waals surface area contributed by atoms with Crippen LogP contribution in [0.2, 0.25) is 5.15 Å². The molecule has 0 radical (unpaired) electrons. The summed E-state index contributed by atoms with van der Waals surface area (Å²) < 4.78 is 14.0. The highest BCUT2D eigenvalue weighted by molar-refractivity contribution is 6.30. The molecule has 1 aromatic heterocycles. The molecule has 1 aromatic carbocycles. The summed E-state index contributed by atoms with van der Waals surface area (Å²) in [5, 5.41) is 0.356. The fraction of sp³-hybridized carbons (Fsp3) is 0.231. The molecule has 0 N–H and O–H groups in total. The molecule has 0 saturated heterocycles. The second kappa shape index (κ2) is 4.41. The summed E-state index contributed by atoms with van der Waals surface area (Å²) in [5.74, 6) is -0.277. The lowest BCUT2D eigenvalue weighted by molar-refractivity contribution is 0.628. The highest BCUT2D eigenvalue weighted by Gasteiger charge is 2.14. The summed E-state index contributed by atoms with van der Waals surface area (Å²) >= 11 is 5.93. The van der Waals surface area contributed by atoms with Gasteiger partial charge in [0.25, 0.3) is 0 Å². The lowest BCUT2D eigenvalue weighted by atomic mass is 10.00. The van der Waals surface area contributed by atoms with E-state index in [1.165, 1.54) is 12.4 Å². The molecule has 0 atom stereocenters. The first-order valence-corrected chi connectivity index (χ1v) is 5.62. The number of hydrogen-bond donors (Lipinski definition) is 0. The second-order valence-corrected chi connectivity index (χ2v) is 4.43. The number of benzene rings is 1. The van der Waals surface area contributed by atoms with E-state index in [1.807, 2.05) is 19.9 Å². The Morgan fingerprint density at radius 2 is 1.82 bits per heavy atom. The van der Waals surface area contributed by atoms with Crippen LogP contribution in [0.3, 0.4) is 0 Å². The number of halogens is 2. The van der Waals surface area contributed by atoms with E-state index in [0.29, 0.717) is 22.0 Å². The third-order valence-corrected chi connectivity index (χ3v) is 3.07. The van der Waals surface area contributed by atoms with E-state index in [2.05, 4.69) is 9.97 Å². The van der Waals surface area contributed by atoms with Gasteiger partial charge in [-0.25, -0.2) is 14.4 Å². The molecule has 0 fully saturated rings. The molecule has 0 unspecified atom stereocenters. The summed E-state index contributed by atoms with van der Waals surface area (Å²) in [6.45, 7) is 5.51. The van der Waals surface area contributed by atoms with Gasteiger partial charge in [0, 0.05) is 11.1 Å². The Morgan fingerprint density at radius 3 is 2.47 bits per heavy atom. The topological polar surface area (TPSA) is 25.8 Å². The molecule has 0 amide bonds. The van der Waals surface area contributed by atoms with Crippen LogP contribution in [0.1, 0.15) is 16.7 Å². The molecule has 17 heavy (non-hydrogen) atoms. The van der Waals surface area contributed by atoms with Gasteiger partial charge in [0.1, 0.15) is 17.3 Å². The van der Waals surface area contributed by atoms with Gasteiger partial charge in [-0.2, -0.15) is 0 Å². The molecule has 0 spiro atoms. The zero-order valence-electron chi connectivity index (χ0n) is 9.88. The van der Waals surface area contributed by atoms with Gasteiger partial charge >= 0.3 is 0 Å². The van der Waals surface area contributed by atoms with Crippen molar-refractivity contribution in [1.29, 1.82) is 0 Å². The van der Waals surface area contributed by atoms with Crippen molar-refractivity contribution in [2.45, 2.75) is 20.8 Å². The van der Waals surface area contributed by atoms with Crippen molar-refractivity contribution in [2.75, 3.05) is 0 Å². The molecule has 0 aliphatic rings. The Bertz CT molecular complexity index is 559. The molecule has 0 bridgehead atoms. The van der Waals surface area contributed by atoms with Gasteiger partial charge in [0.2, 0.25) is 0 Å². The average molecular weight is 251 g/mol. The largest absolute Gasteiger partial charge is 0.236 e. The van der Waals surface area contributed by atoms with Crippen molar-refractivity contribution in [3.05, 3.63) is 46.1 Å². The van der Waals surface area contributed by atoms with Crippen LogP contribution in [-0.2, 0) is 0 Å². The zero-order valence-corrected chi connectivity index (χ0v) is 10.6. The van der Waals surface area contributed by atoms with Crippen LogP contribution in [0, 0.1) is 26.6 Å². The zero-order chi connectivity index (χ0) is 12.6. The van der Waals surface area contributed by atoms with Crippen molar-refractivity contribution in [3.8, 4) is 11.3 Å². The van der Waals surface area contributed by atoms with E-state index in [4.69, 9.17) is 11.6 Å². The minimum atomic E-state index is -0.277. The summed E-state index contributed by atoms with van der Waals surface area (Å²) in [6, 6.07) is 3.42. The van der Waals surface area contributed by atoms with E-state index < -0.39 is 0 Å². The normalized spacial score (nSPS) is 10.6. The van der Waals surface area contributed by atoms with Gasteiger partial charge in [-0.3, -0.25) is 0 Å². The summed E-state index contributed by atoms with van der Waals surface area (Å²) in [7, 11) is 0. The molecule has 2 nitrogen and oxygen atoms in total. The van der Waals surface area contributed by atoms with E-state index in [0.717, 1.165) is 11.1 Å². The van der Waals surface area contributed by atoms with Gasteiger partial charge in [-0.15, -0.1) is 0 Å². The minimum Gasteiger partial charge on any atom is -0.236 e. The summed E-state index contributed by atoms with van der Waals surface area (Å²) in [4.78, 5) is 8.00. The molecule has 88 valence electrons. The molecule has 0 aliphatic carbocycles. The van der Waals surface area contributed by atoms with Crippen molar-refractivity contribution in [1.82, 2.24) is 9.97 Å². The van der Waals surface area contributed by atoms with Crippen LogP contribution < -0.4 is 0 Å². The van der Waals surface area contributed by atoms with Crippen LogP contribution in [0.25, 0.3) is 11.3 Å². The predicted molar refractivity (Wildman–Crippen MR) is 66.6 cm³/mol. The van der Waals surface area contributed by atoms with Crippen LogP contribution in [-0.4, -0.2) is 9.97 Å². The van der Waals surface area contributed by atoms with Gasteiger partial charge in [0.05, 0.1) is 5.69 Å². The highest BCUT2D eigenvalue weighted by Crippen LogP contribution is 2.30. The van der Waals surface area contributed by atoms with Gasteiger partial charge in [0.15, 0.2) is 0 Å². The van der Waals surface area contributed by atoms with E-state index >= 15 is 0 Å². The Morgan fingerprint density at radius 1 is 1.12 bits per heavy atom. The highest BCUT2D eigenvalue weighted by atomic mass is 35.5. The van der Waals surface area contributed by atoms with Crippen molar-refractivity contribution >= 4 is 11.6 Å². The monoisotopic (exact) mass is 250 g/mol. The van der Waals surface area contributed by atoms with Crippen LogP contribution in [0.4, 0.5) is 4.39 Å². The fourth-order valence-corrected chi connectivity index (χ4v) is 2.03. The van der Waals surface area contributed by atoms with E-state index in [9.17, 15) is 4.39 Å². The Balaban J connectivity index is 2.73. The van der Waals surface area contributed by atoms with Crippen molar-refractivity contribution in [3.63, 3.8) is 0 Å². The third kappa shape index (κ3) is 2.15. The Hall–Kier alpha value is -1.48. The number of nitrogens with zero attached hydrogens (tertiary/aromatic N) is 2. The van der Waals surface area contributed by atoms with Crippen LogP contribution in [0.5, 0.6) is 0 Å². The molecule has 0 saturated carbocycles. The van der Waals surface area contributed by atoms with Gasteiger partial charge in [-0.05, 0) is 38.0 Å². The molecule has 2 aromatic rings. The van der Waals surface area contributed by atoms with Crippen molar-refractivity contribution < 1.29 is 4.39 Å². The average Bonchev–Trinajstić information content (AvgIpc) is 2.23. The number of aromatic nitrogens is 2. The summed E-state index contributed by atoms with van der Waals surface area (Å²) in [6.07, 6.45) is 1.35. The molecular formula is C13H12ClFN2.